The van der Waals surface area contributed by atoms with E-state index in [0.29, 0.717) is 15.2 Å². The van der Waals surface area contributed by atoms with Crippen molar-refractivity contribution in [3.05, 3.63) is 75.2 Å². The van der Waals surface area contributed by atoms with Crippen LogP contribution in [-0.2, 0) is 0 Å². The van der Waals surface area contributed by atoms with E-state index in [4.69, 9.17) is 11.6 Å². The van der Waals surface area contributed by atoms with E-state index in [1.807, 2.05) is 36.4 Å². The number of aromatic nitrogens is 2. The fourth-order valence-electron chi connectivity index (χ4n) is 4.80. The van der Waals surface area contributed by atoms with Gasteiger partial charge in [-0.05, 0) is 55.8 Å². The van der Waals surface area contributed by atoms with Crippen LogP contribution in [0.3, 0.4) is 0 Å². The molecule has 1 aliphatic carbocycles. The summed E-state index contributed by atoms with van der Waals surface area (Å²) in [5.41, 5.74) is 4.59. The van der Waals surface area contributed by atoms with Crippen molar-refractivity contribution in [1.29, 1.82) is 0 Å². The topological polar surface area (TPSA) is 64.8 Å². The highest BCUT2D eigenvalue weighted by atomic mass is 35.5. The Balaban J connectivity index is 1.49. The normalized spacial score (nSPS) is 17.7. The van der Waals surface area contributed by atoms with Crippen molar-refractivity contribution in [3.63, 3.8) is 0 Å². The van der Waals surface area contributed by atoms with Crippen LogP contribution in [0.5, 0.6) is 0 Å². The van der Waals surface area contributed by atoms with Crippen molar-refractivity contribution in [2.75, 3.05) is 44.1 Å². The molecule has 1 atom stereocenters. The van der Waals surface area contributed by atoms with Crippen molar-refractivity contribution in [1.82, 2.24) is 14.5 Å². The van der Waals surface area contributed by atoms with Gasteiger partial charge in [0, 0.05) is 37.2 Å². The third-order valence-electron chi connectivity index (χ3n) is 6.55. The molecule has 0 saturated carbocycles. The second-order valence-electron chi connectivity index (χ2n) is 8.86. The lowest BCUT2D eigenvalue weighted by molar-refractivity contribution is 0.208. The van der Waals surface area contributed by atoms with Gasteiger partial charge in [-0.1, -0.05) is 29.8 Å². The highest BCUT2D eigenvalue weighted by Gasteiger charge is 2.34. The maximum Gasteiger partial charge on any atom is 0.275 e. The molecule has 1 N–H and O–H groups in total. The van der Waals surface area contributed by atoms with Crippen molar-refractivity contribution < 1.29 is 5.11 Å². The number of thiophene rings is 1. The molecule has 3 heterocycles. The molecule has 0 saturated heterocycles. The van der Waals surface area contributed by atoms with E-state index in [9.17, 15) is 9.90 Å². The minimum absolute atomic E-state index is 0.0351. The van der Waals surface area contributed by atoms with E-state index in [1.54, 1.807) is 10.9 Å². The Kier molecular flexibility index (Phi) is 6.55. The number of nitrogens with zero attached hydrogens (tertiary/aromatic N) is 5. The van der Waals surface area contributed by atoms with Gasteiger partial charge >= 0.3 is 0 Å². The molecule has 0 amide bonds. The zero-order chi connectivity index (χ0) is 24.7. The summed E-state index contributed by atoms with van der Waals surface area (Å²) in [7, 11) is 6.17. The van der Waals surface area contributed by atoms with Gasteiger partial charge in [-0.2, -0.15) is 0 Å². The number of hydrogen-bond donors (Lipinski definition) is 1. The Bertz CT molecular complexity index is 1420. The van der Waals surface area contributed by atoms with Crippen LogP contribution in [0.2, 0.25) is 0 Å². The number of rotatable bonds is 6. The smallest absolute Gasteiger partial charge is 0.275 e. The molecule has 182 valence electrons. The molecule has 2 aliphatic rings. The lowest BCUT2D eigenvalue weighted by atomic mass is 10.2. The number of allylic oxidation sites excluding steroid dienone is 6. The Morgan fingerprint density at radius 3 is 2.77 bits per heavy atom. The van der Waals surface area contributed by atoms with Crippen LogP contribution in [0, 0.1) is 0 Å². The van der Waals surface area contributed by atoms with Crippen molar-refractivity contribution >= 4 is 50.1 Å². The molecule has 7 nitrogen and oxygen atoms in total. The number of hydrogen-bond acceptors (Lipinski definition) is 7. The van der Waals surface area contributed by atoms with E-state index in [0.717, 1.165) is 46.9 Å². The number of fused-ring (bicyclic) bond motifs is 2. The summed E-state index contributed by atoms with van der Waals surface area (Å²) in [6.07, 6.45) is 11.0. The van der Waals surface area contributed by atoms with Crippen molar-refractivity contribution in [2.45, 2.75) is 19.1 Å². The second kappa shape index (κ2) is 9.62. The van der Waals surface area contributed by atoms with Crippen molar-refractivity contribution in [3.8, 4) is 5.69 Å². The molecule has 1 unspecified atom stereocenters. The molecule has 0 bridgehead atoms. The molecular weight excluding hydrogens is 482 g/mol. The minimum atomic E-state index is -0.0776. The summed E-state index contributed by atoms with van der Waals surface area (Å²) in [5.74, 6) is 0. The lowest BCUT2D eigenvalue weighted by Gasteiger charge is -2.35. The van der Waals surface area contributed by atoms with Gasteiger partial charge in [-0.3, -0.25) is 14.3 Å². The molecule has 3 aromatic rings. The van der Waals surface area contributed by atoms with Gasteiger partial charge in [0.1, 0.15) is 11.0 Å². The first-order chi connectivity index (χ1) is 16.9. The number of halogens is 1. The Hall–Kier alpha value is -2.91. The largest absolute Gasteiger partial charge is 0.396 e. The maximum atomic E-state index is 13.5. The first-order valence-electron chi connectivity index (χ1n) is 11.6. The predicted molar refractivity (Wildman–Crippen MR) is 146 cm³/mol. The van der Waals surface area contributed by atoms with Gasteiger partial charge < -0.3 is 14.9 Å². The number of aliphatic hydroxyl groups excluding tert-OH is 1. The summed E-state index contributed by atoms with van der Waals surface area (Å²) in [6.45, 7) is 0.952. The zero-order valence-corrected chi connectivity index (χ0v) is 21.6. The molecule has 5 rings (SSSR count). The number of aliphatic hydroxyl groups is 1. The molecule has 0 radical (unpaired) electrons. The third kappa shape index (κ3) is 4.31. The average Bonchev–Trinajstić information content (AvgIpc) is 3.30. The number of benzene rings is 1. The van der Waals surface area contributed by atoms with Gasteiger partial charge in [-0.15, -0.1) is 11.3 Å². The van der Waals surface area contributed by atoms with E-state index >= 15 is 0 Å². The highest BCUT2D eigenvalue weighted by molar-refractivity contribution is 7.20. The zero-order valence-electron chi connectivity index (χ0n) is 20.0. The average molecular weight is 510 g/mol. The van der Waals surface area contributed by atoms with Crippen LogP contribution in [0.15, 0.2) is 64.7 Å². The lowest BCUT2D eigenvalue weighted by Crippen LogP contribution is -2.51. The fourth-order valence-corrected chi connectivity index (χ4v) is 6.02. The fraction of sp³-hybridized carbons (Fsp3) is 0.308. The first kappa shape index (κ1) is 23.8. The summed E-state index contributed by atoms with van der Waals surface area (Å²) >= 11 is 7.59. The molecule has 35 heavy (non-hydrogen) atoms. The van der Waals surface area contributed by atoms with Crippen LogP contribution in [0.25, 0.3) is 21.5 Å². The SMILES string of the molecule is CN(CCCO)C1N(C)c2ccc(-n3cnc4cc(C5=CCC=C(Cl)C=C5)sc4c3=O)cc2N1C. The molecule has 9 heteroatoms. The van der Waals surface area contributed by atoms with Gasteiger partial charge in [0.05, 0.1) is 22.6 Å². The Morgan fingerprint density at radius 1 is 1.17 bits per heavy atom. The van der Waals surface area contributed by atoms with Crippen LogP contribution in [0.4, 0.5) is 11.4 Å². The summed E-state index contributed by atoms with van der Waals surface area (Å²) < 4.78 is 2.25. The highest BCUT2D eigenvalue weighted by Crippen LogP contribution is 2.40. The van der Waals surface area contributed by atoms with E-state index < -0.39 is 0 Å². The van der Waals surface area contributed by atoms with E-state index in [1.165, 1.54) is 11.3 Å². The summed E-state index contributed by atoms with van der Waals surface area (Å²) in [6, 6.07) is 8.03. The van der Waals surface area contributed by atoms with Gasteiger partial charge in [-0.25, -0.2) is 4.98 Å². The van der Waals surface area contributed by atoms with E-state index in [2.05, 4.69) is 53.0 Å². The quantitative estimate of drug-likeness (QED) is 0.531. The van der Waals surface area contributed by atoms with Crippen LogP contribution < -0.4 is 15.4 Å². The predicted octanol–water partition coefficient (Wildman–Crippen LogP) is 4.40. The second-order valence-corrected chi connectivity index (χ2v) is 10.3. The molecular formula is C26H28ClN5O2S. The first-order valence-corrected chi connectivity index (χ1v) is 12.7. The molecule has 1 aliphatic heterocycles. The van der Waals surface area contributed by atoms with E-state index in [-0.39, 0.29) is 18.5 Å². The van der Waals surface area contributed by atoms with Crippen LogP contribution in [0.1, 0.15) is 17.7 Å². The molecule has 1 aromatic carbocycles. The summed E-state index contributed by atoms with van der Waals surface area (Å²) in [5, 5.41) is 9.93. The monoisotopic (exact) mass is 509 g/mol. The maximum absolute atomic E-state index is 13.5. The number of anilines is 2. The standard InChI is InChI=1S/C26H28ClN5O2S/c1-29(12-5-13-33)26-30(2)21-11-10-19(14-22(21)31(26)3)32-16-28-20-15-23(35-24(20)25(32)34)17-6-4-7-18(27)9-8-17/h6-11,14-16,26,33H,4-5,12-13H2,1-3H3. The van der Waals surface area contributed by atoms with Crippen molar-refractivity contribution in [2.24, 2.45) is 0 Å². The third-order valence-corrected chi connectivity index (χ3v) is 7.99. The molecule has 2 aromatic heterocycles. The molecule has 0 fully saturated rings. The van der Waals surface area contributed by atoms with Crippen LogP contribution >= 0.6 is 22.9 Å². The van der Waals surface area contributed by atoms with Gasteiger partial charge in [0.2, 0.25) is 0 Å². The Labute approximate surface area is 213 Å². The van der Waals surface area contributed by atoms with Crippen LogP contribution in [-0.4, -0.2) is 60.1 Å². The van der Waals surface area contributed by atoms with Gasteiger partial charge in [0.25, 0.3) is 5.56 Å². The van der Waals surface area contributed by atoms with Gasteiger partial charge in [0.15, 0.2) is 6.29 Å². The minimum Gasteiger partial charge on any atom is -0.396 e. The molecule has 0 spiro atoms. The Morgan fingerprint density at radius 2 is 1.97 bits per heavy atom. The summed E-state index contributed by atoms with van der Waals surface area (Å²) in [4.78, 5) is 25.7.